The monoisotopic (exact) mass is 294 g/mol. The largest absolute Gasteiger partial charge is 0.478 e. The van der Waals surface area contributed by atoms with E-state index in [1.807, 2.05) is 13.8 Å². The number of carboxylic acid groups (broad SMARTS) is 1. The molecule has 1 spiro atoms. The average Bonchev–Trinajstić information content (AvgIpc) is 2.66. The van der Waals surface area contributed by atoms with Gasteiger partial charge in [-0.05, 0) is 31.6 Å². The molecule has 0 aromatic carbocycles. The van der Waals surface area contributed by atoms with Crippen molar-refractivity contribution in [3.8, 4) is 0 Å². The number of imide groups is 1. The second kappa shape index (κ2) is 5.50. The van der Waals surface area contributed by atoms with Crippen LogP contribution in [0.1, 0.15) is 40.0 Å². The van der Waals surface area contributed by atoms with Crippen LogP contribution in [-0.4, -0.2) is 40.0 Å². The van der Waals surface area contributed by atoms with Crippen molar-refractivity contribution in [2.75, 3.05) is 6.54 Å². The molecule has 1 aliphatic heterocycles. The molecule has 2 atom stereocenters. The number of carbonyl (C=O) groups excluding carboxylic acids is 2. The summed E-state index contributed by atoms with van der Waals surface area (Å²) in [5, 5.41) is 11.7. The van der Waals surface area contributed by atoms with Crippen LogP contribution in [0.4, 0.5) is 4.79 Å². The third-order valence-corrected chi connectivity index (χ3v) is 4.90. The highest BCUT2D eigenvalue weighted by atomic mass is 16.4. The number of hydrogen-bond acceptors (Lipinski definition) is 3. The molecule has 2 aliphatic rings. The van der Waals surface area contributed by atoms with Crippen LogP contribution in [0.3, 0.4) is 0 Å². The highest BCUT2D eigenvalue weighted by molar-refractivity contribution is 6.07. The van der Waals surface area contributed by atoms with Crippen molar-refractivity contribution in [1.29, 1.82) is 0 Å². The van der Waals surface area contributed by atoms with Gasteiger partial charge in [-0.1, -0.05) is 26.3 Å². The molecule has 1 saturated carbocycles. The van der Waals surface area contributed by atoms with Gasteiger partial charge in [0.15, 0.2) is 0 Å². The highest BCUT2D eigenvalue weighted by Gasteiger charge is 2.57. The minimum absolute atomic E-state index is 0.00396. The van der Waals surface area contributed by atoms with Crippen LogP contribution >= 0.6 is 0 Å². The Morgan fingerprint density at radius 1 is 1.38 bits per heavy atom. The number of nitrogens with one attached hydrogen (secondary N) is 1. The smallest absolute Gasteiger partial charge is 0.331 e. The summed E-state index contributed by atoms with van der Waals surface area (Å²) in [7, 11) is 0. The van der Waals surface area contributed by atoms with Crippen molar-refractivity contribution >= 4 is 17.9 Å². The summed E-state index contributed by atoms with van der Waals surface area (Å²) >= 11 is 0. The van der Waals surface area contributed by atoms with E-state index in [1.54, 1.807) is 0 Å². The third kappa shape index (κ3) is 2.43. The molecule has 1 saturated heterocycles. The normalized spacial score (nSPS) is 33.5. The number of nitrogens with zero attached hydrogens (tertiary/aromatic N) is 1. The summed E-state index contributed by atoms with van der Waals surface area (Å²) < 4.78 is 0. The first-order valence-electron chi connectivity index (χ1n) is 7.34. The summed E-state index contributed by atoms with van der Waals surface area (Å²) in [6, 6.07) is -0.421. The molecule has 2 rings (SSSR count). The quantitative estimate of drug-likeness (QED) is 0.613. The molecule has 0 aromatic rings. The van der Waals surface area contributed by atoms with E-state index in [0.29, 0.717) is 0 Å². The Morgan fingerprint density at radius 3 is 2.48 bits per heavy atom. The van der Waals surface area contributed by atoms with Gasteiger partial charge < -0.3 is 10.4 Å². The molecule has 2 N–H and O–H groups in total. The van der Waals surface area contributed by atoms with E-state index in [4.69, 9.17) is 5.11 Å². The fraction of sp³-hybridized carbons (Fsp3) is 0.667. The van der Waals surface area contributed by atoms with Crippen LogP contribution in [0.5, 0.6) is 0 Å². The lowest BCUT2D eigenvalue weighted by Crippen LogP contribution is -2.58. The molecule has 6 nitrogen and oxygen atoms in total. The van der Waals surface area contributed by atoms with E-state index in [1.165, 1.54) is 13.0 Å². The van der Waals surface area contributed by atoms with Gasteiger partial charge in [-0.15, -0.1) is 0 Å². The van der Waals surface area contributed by atoms with E-state index in [9.17, 15) is 14.4 Å². The van der Waals surface area contributed by atoms with E-state index in [2.05, 4.69) is 5.32 Å². The summed E-state index contributed by atoms with van der Waals surface area (Å²) in [5.74, 6) is -1.09. The Labute approximate surface area is 124 Å². The number of aliphatic carboxylic acids is 1. The minimum Gasteiger partial charge on any atom is -0.478 e. The van der Waals surface area contributed by atoms with Gasteiger partial charge in [0.05, 0.1) is 0 Å². The summed E-state index contributed by atoms with van der Waals surface area (Å²) in [5.41, 5.74) is -0.693. The summed E-state index contributed by atoms with van der Waals surface area (Å²) in [6.45, 7) is 5.44. The maximum atomic E-state index is 12.8. The first-order valence-corrected chi connectivity index (χ1v) is 7.34. The fourth-order valence-electron chi connectivity index (χ4n) is 3.43. The van der Waals surface area contributed by atoms with Crippen LogP contribution < -0.4 is 5.32 Å². The lowest BCUT2D eigenvalue weighted by Gasteiger charge is -2.42. The molecule has 0 bridgehead atoms. The number of urea groups is 1. The SMILES string of the molecule is CC(=CCN1C(=O)NC2(C1=O)C(C)CCCC2C)C(=O)O. The number of carboxylic acids is 1. The van der Waals surface area contributed by atoms with Crippen LogP contribution in [0.2, 0.25) is 0 Å². The predicted molar refractivity (Wildman–Crippen MR) is 76.5 cm³/mol. The zero-order valence-electron chi connectivity index (χ0n) is 12.7. The molecule has 0 radical (unpaired) electrons. The molecule has 21 heavy (non-hydrogen) atoms. The standard InChI is InChI=1S/C15H22N2O4/c1-9(12(18)19)7-8-17-13(20)15(16-14(17)21)10(2)5-4-6-11(15)3/h7,10-11H,4-6,8H2,1-3H3,(H,16,21)(H,18,19). The Kier molecular flexibility index (Phi) is 4.07. The molecule has 2 fully saturated rings. The molecule has 3 amide bonds. The first kappa shape index (κ1) is 15.5. The molecule has 0 aromatic heterocycles. The zero-order valence-corrected chi connectivity index (χ0v) is 12.7. The van der Waals surface area contributed by atoms with Crippen molar-refractivity contribution < 1.29 is 19.5 Å². The topological polar surface area (TPSA) is 86.7 Å². The predicted octanol–water partition coefficient (Wildman–Crippen LogP) is 1.76. The molecule has 1 aliphatic carbocycles. The van der Waals surface area contributed by atoms with E-state index < -0.39 is 17.5 Å². The van der Waals surface area contributed by atoms with Gasteiger partial charge in [0.1, 0.15) is 5.54 Å². The van der Waals surface area contributed by atoms with Gasteiger partial charge in [-0.25, -0.2) is 9.59 Å². The Balaban J connectivity index is 2.24. The summed E-state index contributed by atoms with van der Waals surface area (Å²) in [6.07, 6.45) is 4.28. The van der Waals surface area contributed by atoms with Crippen LogP contribution in [0.25, 0.3) is 0 Å². The van der Waals surface area contributed by atoms with E-state index >= 15 is 0 Å². The van der Waals surface area contributed by atoms with E-state index in [-0.39, 0.29) is 29.9 Å². The van der Waals surface area contributed by atoms with Crippen LogP contribution in [0.15, 0.2) is 11.6 Å². The minimum atomic E-state index is -1.05. The maximum Gasteiger partial charge on any atom is 0.331 e. The van der Waals surface area contributed by atoms with Gasteiger partial charge >= 0.3 is 12.0 Å². The Hall–Kier alpha value is -1.85. The van der Waals surface area contributed by atoms with Crippen LogP contribution in [0, 0.1) is 11.8 Å². The number of amides is 3. The average molecular weight is 294 g/mol. The van der Waals surface area contributed by atoms with Crippen molar-refractivity contribution in [3.63, 3.8) is 0 Å². The first-order chi connectivity index (χ1) is 9.80. The van der Waals surface area contributed by atoms with Crippen molar-refractivity contribution in [1.82, 2.24) is 10.2 Å². The second-order valence-electron chi connectivity index (χ2n) is 6.14. The third-order valence-electron chi connectivity index (χ3n) is 4.90. The number of rotatable bonds is 3. The molecule has 2 unspecified atom stereocenters. The fourth-order valence-corrected chi connectivity index (χ4v) is 3.43. The zero-order chi connectivity index (χ0) is 15.8. The van der Waals surface area contributed by atoms with Gasteiger partial charge in [0, 0.05) is 12.1 Å². The van der Waals surface area contributed by atoms with Gasteiger partial charge in [0.25, 0.3) is 5.91 Å². The van der Waals surface area contributed by atoms with Gasteiger partial charge in [-0.2, -0.15) is 0 Å². The molecular formula is C15H22N2O4. The lowest BCUT2D eigenvalue weighted by molar-refractivity contribution is -0.136. The molecule has 1 heterocycles. The second-order valence-corrected chi connectivity index (χ2v) is 6.14. The lowest BCUT2D eigenvalue weighted by atomic mass is 9.67. The Bertz CT molecular complexity index is 502. The van der Waals surface area contributed by atoms with Crippen molar-refractivity contribution in [2.45, 2.75) is 45.6 Å². The highest BCUT2D eigenvalue weighted by Crippen LogP contribution is 2.42. The number of carbonyl (C=O) groups is 3. The van der Waals surface area contributed by atoms with Crippen LogP contribution in [-0.2, 0) is 9.59 Å². The van der Waals surface area contributed by atoms with Gasteiger partial charge in [0.2, 0.25) is 0 Å². The summed E-state index contributed by atoms with van der Waals surface area (Å²) in [4.78, 5) is 36.8. The van der Waals surface area contributed by atoms with Crippen molar-refractivity contribution in [3.05, 3.63) is 11.6 Å². The number of hydrogen-bond donors (Lipinski definition) is 2. The molecule has 6 heteroatoms. The maximum absolute atomic E-state index is 12.8. The Morgan fingerprint density at radius 2 is 1.95 bits per heavy atom. The molecule has 116 valence electrons. The van der Waals surface area contributed by atoms with Crippen molar-refractivity contribution in [2.24, 2.45) is 11.8 Å². The van der Waals surface area contributed by atoms with Gasteiger partial charge in [-0.3, -0.25) is 9.69 Å². The van der Waals surface area contributed by atoms with E-state index in [0.717, 1.165) is 24.2 Å². The molecular weight excluding hydrogens is 272 g/mol.